The van der Waals surface area contributed by atoms with Gasteiger partial charge in [0, 0.05) is 0 Å². The molecule has 0 radical (unpaired) electrons. The second kappa shape index (κ2) is 21.6. The summed E-state index contributed by atoms with van der Waals surface area (Å²) in [7, 11) is 0. The standard InChI is InChI=1S/C27H49NO6/c1-2-3-4-5-6-7-8-9-10-11-12-13-14-15-16-17-18-19-20-21-28(22-25(29)30,23-26(31)32)24-27(33)34/h15-16H,2-14,17-24H2,1H3,(H2-,29,30,31,32,33,34)/b16-15+. The summed E-state index contributed by atoms with van der Waals surface area (Å²) >= 11 is 0. The van der Waals surface area contributed by atoms with Crippen LogP contribution in [0, 0.1) is 0 Å². The Morgan fingerprint density at radius 1 is 0.618 bits per heavy atom. The molecule has 0 rings (SSSR count). The van der Waals surface area contributed by atoms with E-state index in [-0.39, 0.29) is 6.54 Å². The Hall–Kier alpha value is -1.89. The van der Waals surface area contributed by atoms with Gasteiger partial charge in [0.25, 0.3) is 0 Å². The summed E-state index contributed by atoms with van der Waals surface area (Å²) in [5, 5.41) is 29.3. The summed E-state index contributed by atoms with van der Waals surface area (Å²) in [6.07, 6.45) is 24.9. The lowest BCUT2D eigenvalue weighted by atomic mass is 10.0. The summed E-state index contributed by atoms with van der Waals surface area (Å²) in [6.45, 7) is 0.803. The number of carboxylic acids is 3. The van der Waals surface area contributed by atoms with Gasteiger partial charge in [-0.15, -0.1) is 0 Å². The fourth-order valence-corrected chi connectivity index (χ4v) is 4.48. The highest BCUT2D eigenvalue weighted by Crippen LogP contribution is 2.14. The Morgan fingerprint density at radius 2 is 1.00 bits per heavy atom. The highest BCUT2D eigenvalue weighted by atomic mass is 16.4. The van der Waals surface area contributed by atoms with E-state index in [1.807, 2.05) is 0 Å². The molecule has 0 aromatic heterocycles. The Balaban J connectivity index is 3.80. The van der Waals surface area contributed by atoms with Gasteiger partial charge in [0.2, 0.25) is 0 Å². The van der Waals surface area contributed by atoms with Gasteiger partial charge in [-0.1, -0.05) is 89.7 Å². The SMILES string of the molecule is CCCCCCCCCCCCCC/C=C/CCCCC[N+](CC(=O)[O-])(CC(=O)O)CC(=O)O. The highest BCUT2D eigenvalue weighted by molar-refractivity contribution is 5.72. The number of hydrogen-bond acceptors (Lipinski definition) is 4. The van der Waals surface area contributed by atoms with E-state index < -0.39 is 42.0 Å². The van der Waals surface area contributed by atoms with E-state index in [1.165, 1.54) is 77.0 Å². The lowest BCUT2D eigenvalue weighted by molar-refractivity contribution is -0.909. The molecular formula is C27H49NO6. The molecule has 0 aromatic rings. The van der Waals surface area contributed by atoms with Crippen LogP contribution in [0.5, 0.6) is 0 Å². The van der Waals surface area contributed by atoms with Gasteiger partial charge in [-0.05, 0) is 38.5 Å². The summed E-state index contributed by atoms with van der Waals surface area (Å²) in [6, 6.07) is 0. The van der Waals surface area contributed by atoms with E-state index in [1.54, 1.807) is 0 Å². The zero-order valence-corrected chi connectivity index (χ0v) is 21.5. The zero-order valence-electron chi connectivity index (χ0n) is 21.5. The predicted molar refractivity (Wildman–Crippen MR) is 133 cm³/mol. The van der Waals surface area contributed by atoms with Gasteiger partial charge in [0.1, 0.15) is 6.54 Å². The van der Waals surface area contributed by atoms with Crippen LogP contribution in [-0.4, -0.2) is 58.8 Å². The van der Waals surface area contributed by atoms with Gasteiger partial charge in [0.05, 0.1) is 12.5 Å². The van der Waals surface area contributed by atoms with Gasteiger partial charge in [-0.25, -0.2) is 9.59 Å². The molecular weight excluding hydrogens is 434 g/mol. The first-order valence-corrected chi connectivity index (χ1v) is 13.4. The molecule has 7 nitrogen and oxygen atoms in total. The van der Waals surface area contributed by atoms with Crippen molar-refractivity contribution in [1.29, 1.82) is 0 Å². The molecule has 0 unspecified atom stereocenters. The second-order valence-electron chi connectivity index (χ2n) is 9.70. The Morgan fingerprint density at radius 3 is 1.38 bits per heavy atom. The molecule has 0 spiro atoms. The lowest BCUT2D eigenvalue weighted by Crippen LogP contribution is -2.59. The molecule has 0 amide bonds. The number of unbranched alkanes of at least 4 members (excludes halogenated alkanes) is 15. The molecule has 0 aliphatic heterocycles. The first kappa shape index (κ1) is 32.1. The minimum absolute atomic E-state index is 0.204. The number of carbonyl (C=O) groups excluding carboxylic acids is 1. The van der Waals surface area contributed by atoms with Crippen LogP contribution in [0.25, 0.3) is 0 Å². The number of quaternary nitrogens is 1. The largest absolute Gasteiger partial charge is 0.544 e. The van der Waals surface area contributed by atoms with E-state index in [0.717, 1.165) is 25.7 Å². The van der Waals surface area contributed by atoms with Crippen molar-refractivity contribution in [1.82, 2.24) is 0 Å². The monoisotopic (exact) mass is 483 g/mol. The van der Waals surface area contributed by atoms with Gasteiger partial charge < -0.3 is 24.6 Å². The van der Waals surface area contributed by atoms with E-state index in [0.29, 0.717) is 6.42 Å². The predicted octanol–water partition coefficient (Wildman–Crippen LogP) is 4.93. The first-order chi connectivity index (χ1) is 16.3. The molecule has 0 aliphatic carbocycles. The first-order valence-electron chi connectivity index (χ1n) is 13.4. The Labute approximate surface area is 206 Å². The van der Waals surface area contributed by atoms with Crippen molar-refractivity contribution in [2.45, 2.75) is 116 Å². The topological polar surface area (TPSA) is 115 Å². The van der Waals surface area contributed by atoms with Crippen molar-refractivity contribution in [3.63, 3.8) is 0 Å². The Bertz CT molecular complexity index is 535. The molecule has 0 saturated carbocycles. The molecule has 0 fully saturated rings. The number of hydrogen-bond donors (Lipinski definition) is 2. The molecule has 34 heavy (non-hydrogen) atoms. The van der Waals surface area contributed by atoms with Crippen molar-refractivity contribution in [2.24, 2.45) is 0 Å². The van der Waals surface area contributed by atoms with Crippen LogP contribution in [0.2, 0.25) is 0 Å². The second-order valence-corrected chi connectivity index (χ2v) is 9.70. The van der Waals surface area contributed by atoms with Crippen LogP contribution in [-0.2, 0) is 14.4 Å². The van der Waals surface area contributed by atoms with Gasteiger partial charge >= 0.3 is 11.9 Å². The number of allylic oxidation sites excluding steroid dienone is 2. The molecule has 0 aromatic carbocycles. The third kappa shape index (κ3) is 20.7. The van der Waals surface area contributed by atoms with Gasteiger partial charge in [-0.2, -0.15) is 0 Å². The van der Waals surface area contributed by atoms with Crippen molar-refractivity contribution >= 4 is 17.9 Å². The quantitative estimate of drug-likeness (QED) is 0.108. The number of carboxylic acid groups (broad SMARTS) is 3. The van der Waals surface area contributed by atoms with Crippen LogP contribution < -0.4 is 5.11 Å². The Kier molecular flexibility index (Phi) is 20.4. The molecule has 0 saturated heterocycles. The van der Waals surface area contributed by atoms with E-state index in [4.69, 9.17) is 10.2 Å². The maximum atomic E-state index is 11.1. The van der Waals surface area contributed by atoms with Crippen LogP contribution in [0.1, 0.15) is 116 Å². The highest BCUT2D eigenvalue weighted by Gasteiger charge is 2.33. The molecule has 0 heterocycles. The molecule has 0 aliphatic rings. The van der Waals surface area contributed by atoms with Crippen molar-refractivity contribution in [3.05, 3.63) is 12.2 Å². The normalized spacial score (nSPS) is 11.8. The van der Waals surface area contributed by atoms with E-state index in [2.05, 4.69) is 19.1 Å². The summed E-state index contributed by atoms with van der Waals surface area (Å²) < 4.78 is -0.512. The van der Waals surface area contributed by atoms with Gasteiger partial charge in [0.15, 0.2) is 13.1 Å². The minimum atomic E-state index is -1.43. The van der Waals surface area contributed by atoms with Crippen LogP contribution >= 0.6 is 0 Å². The van der Waals surface area contributed by atoms with Crippen LogP contribution in [0.3, 0.4) is 0 Å². The number of carbonyl (C=O) groups is 3. The lowest BCUT2D eigenvalue weighted by Gasteiger charge is -2.36. The maximum Gasteiger partial charge on any atom is 0.359 e. The third-order valence-corrected chi connectivity index (χ3v) is 6.30. The average molecular weight is 484 g/mol. The van der Waals surface area contributed by atoms with E-state index >= 15 is 0 Å². The average Bonchev–Trinajstić information content (AvgIpc) is 2.73. The summed E-state index contributed by atoms with van der Waals surface area (Å²) in [4.78, 5) is 33.4. The number of nitrogens with zero attached hydrogens (tertiary/aromatic N) is 1. The van der Waals surface area contributed by atoms with Crippen LogP contribution in [0.15, 0.2) is 12.2 Å². The number of aliphatic carboxylic acids is 3. The minimum Gasteiger partial charge on any atom is -0.544 e. The fourth-order valence-electron chi connectivity index (χ4n) is 4.48. The summed E-state index contributed by atoms with van der Waals surface area (Å²) in [5.41, 5.74) is 0. The van der Waals surface area contributed by atoms with Crippen molar-refractivity contribution in [3.8, 4) is 0 Å². The zero-order chi connectivity index (χ0) is 25.5. The molecule has 0 bridgehead atoms. The maximum absolute atomic E-state index is 11.1. The molecule has 0 atom stereocenters. The van der Waals surface area contributed by atoms with Gasteiger partial charge in [-0.3, -0.25) is 0 Å². The fraction of sp³-hybridized carbons (Fsp3) is 0.815. The molecule has 2 N–H and O–H groups in total. The third-order valence-electron chi connectivity index (χ3n) is 6.30. The van der Waals surface area contributed by atoms with E-state index in [9.17, 15) is 19.5 Å². The van der Waals surface area contributed by atoms with Crippen molar-refractivity contribution < 1.29 is 34.2 Å². The smallest absolute Gasteiger partial charge is 0.359 e. The van der Waals surface area contributed by atoms with Crippen LogP contribution in [0.4, 0.5) is 0 Å². The summed E-state index contributed by atoms with van der Waals surface area (Å²) in [5.74, 6) is -3.84. The van der Waals surface area contributed by atoms with Crippen molar-refractivity contribution in [2.75, 3.05) is 26.2 Å². The number of rotatable bonds is 25. The molecule has 7 heteroatoms. The molecule has 198 valence electrons.